The molecule has 0 radical (unpaired) electrons. The minimum Gasteiger partial charge on any atom is -0.484 e. The van der Waals surface area contributed by atoms with Crippen LogP contribution in [-0.4, -0.2) is 35.1 Å². The Kier molecular flexibility index (Phi) is 4.20. The molecule has 18 heavy (non-hydrogen) atoms. The van der Waals surface area contributed by atoms with Crippen LogP contribution in [0, 0.1) is 0 Å². The van der Waals surface area contributed by atoms with E-state index in [2.05, 4.69) is 0 Å². The summed E-state index contributed by atoms with van der Waals surface area (Å²) in [6, 6.07) is 7.59. The molecule has 0 heterocycles. The number of aliphatic hydroxyl groups excluding tert-OH is 1. The molecule has 1 aromatic carbocycles. The van der Waals surface area contributed by atoms with Gasteiger partial charge in [-0.3, -0.25) is 4.79 Å². The largest absolute Gasteiger partial charge is 0.484 e. The number of ether oxygens (including phenoxy) is 1. The summed E-state index contributed by atoms with van der Waals surface area (Å²) in [6.07, 6.45) is 2.22. The van der Waals surface area contributed by atoms with E-state index >= 15 is 0 Å². The van der Waals surface area contributed by atoms with Crippen molar-refractivity contribution in [1.29, 1.82) is 0 Å². The van der Waals surface area contributed by atoms with Crippen LogP contribution < -0.4 is 4.74 Å². The van der Waals surface area contributed by atoms with Crippen LogP contribution in [-0.2, 0) is 11.4 Å². The van der Waals surface area contributed by atoms with Gasteiger partial charge in [-0.2, -0.15) is 0 Å². The number of benzene rings is 1. The molecule has 0 spiro atoms. The number of nitrogens with zero attached hydrogens (tertiary/aromatic N) is 1. The molecule has 0 bridgehead atoms. The monoisotopic (exact) mass is 249 g/mol. The average molecular weight is 249 g/mol. The lowest BCUT2D eigenvalue weighted by Gasteiger charge is -2.20. The molecule has 0 unspecified atom stereocenters. The molecule has 0 atom stereocenters. The van der Waals surface area contributed by atoms with E-state index in [0.717, 1.165) is 24.9 Å². The summed E-state index contributed by atoms with van der Waals surface area (Å²) < 4.78 is 5.47. The zero-order chi connectivity index (χ0) is 13.0. The summed E-state index contributed by atoms with van der Waals surface area (Å²) in [5.41, 5.74) is 0.787. The molecule has 1 N–H and O–H groups in total. The summed E-state index contributed by atoms with van der Waals surface area (Å²) >= 11 is 0. The summed E-state index contributed by atoms with van der Waals surface area (Å²) in [5, 5.41) is 9.02. The van der Waals surface area contributed by atoms with E-state index in [0.29, 0.717) is 11.8 Å². The van der Waals surface area contributed by atoms with Crippen molar-refractivity contribution in [3.63, 3.8) is 0 Å². The molecule has 0 aliphatic heterocycles. The molecule has 98 valence electrons. The third kappa shape index (κ3) is 3.23. The number of amides is 1. The predicted octanol–water partition coefficient (Wildman–Crippen LogP) is 1.57. The van der Waals surface area contributed by atoms with Crippen LogP contribution in [0.4, 0.5) is 0 Å². The number of hydrogen-bond donors (Lipinski definition) is 1. The molecule has 4 nitrogen and oxygen atoms in total. The topological polar surface area (TPSA) is 49.8 Å². The van der Waals surface area contributed by atoms with Crippen LogP contribution in [0.25, 0.3) is 0 Å². The van der Waals surface area contributed by atoms with Crippen molar-refractivity contribution < 1.29 is 14.6 Å². The molecular weight excluding hydrogens is 230 g/mol. The van der Waals surface area contributed by atoms with E-state index in [1.807, 2.05) is 24.0 Å². The van der Waals surface area contributed by atoms with E-state index in [1.54, 1.807) is 12.1 Å². The van der Waals surface area contributed by atoms with E-state index in [1.165, 1.54) is 0 Å². The minimum atomic E-state index is -0.0195. The highest BCUT2D eigenvalue weighted by Crippen LogP contribution is 2.26. The quantitative estimate of drug-likeness (QED) is 0.832. The van der Waals surface area contributed by atoms with Crippen LogP contribution in [0.15, 0.2) is 24.3 Å². The Morgan fingerprint density at radius 3 is 2.89 bits per heavy atom. The van der Waals surface area contributed by atoms with E-state index in [9.17, 15) is 4.79 Å². The summed E-state index contributed by atoms with van der Waals surface area (Å²) in [4.78, 5) is 13.8. The first kappa shape index (κ1) is 12.9. The second kappa shape index (κ2) is 5.87. The fourth-order valence-corrected chi connectivity index (χ4v) is 1.99. The Bertz CT molecular complexity index is 415. The number of likely N-dealkylation sites (N-methyl/N-ethyl adjacent to an activating group) is 1. The van der Waals surface area contributed by atoms with Gasteiger partial charge in [0, 0.05) is 12.6 Å². The SMILES string of the molecule is CCN(C(=O)COc1cccc(CO)c1)C1CC1. The second-order valence-electron chi connectivity index (χ2n) is 4.51. The van der Waals surface area contributed by atoms with Gasteiger partial charge < -0.3 is 14.7 Å². The van der Waals surface area contributed by atoms with E-state index < -0.39 is 0 Å². The molecular formula is C14H19NO3. The molecule has 1 aliphatic carbocycles. The third-order valence-corrected chi connectivity index (χ3v) is 3.09. The van der Waals surface area contributed by atoms with Crippen molar-refractivity contribution in [3.05, 3.63) is 29.8 Å². The first-order valence-electron chi connectivity index (χ1n) is 6.36. The summed E-state index contributed by atoms with van der Waals surface area (Å²) in [6.45, 7) is 2.78. The van der Waals surface area contributed by atoms with Crippen LogP contribution >= 0.6 is 0 Å². The number of carbonyl (C=O) groups is 1. The normalized spacial score (nSPS) is 14.3. The Balaban J connectivity index is 1.87. The van der Waals surface area contributed by atoms with Gasteiger partial charge in [0.2, 0.25) is 0 Å². The summed E-state index contributed by atoms with van der Waals surface area (Å²) in [7, 11) is 0. The zero-order valence-electron chi connectivity index (χ0n) is 10.6. The van der Waals surface area contributed by atoms with Crippen molar-refractivity contribution in [1.82, 2.24) is 4.90 Å². The maximum absolute atomic E-state index is 11.9. The fraction of sp³-hybridized carbons (Fsp3) is 0.500. The van der Waals surface area contributed by atoms with Gasteiger partial charge in [-0.25, -0.2) is 0 Å². The third-order valence-electron chi connectivity index (χ3n) is 3.09. The van der Waals surface area contributed by atoms with Gasteiger partial charge in [0.15, 0.2) is 6.61 Å². The van der Waals surface area contributed by atoms with Crippen molar-refractivity contribution in [2.75, 3.05) is 13.2 Å². The van der Waals surface area contributed by atoms with Crippen molar-refractivity contribution in [3.8, 4) is 5.75 Å². The molecule has 0 aromatic heterocycles. The lowest BCUT2D eigenvalue weighted by atomic mass is 10.2. The molecule has 1 amide bonds. The predicted molar refractivity (Wildman–Crippen MR) is 68.3 cm³/mol. The van der Waals surface area contributed by atoms with E-state index in [-0.39, 0.29) is 19.1 Å². The highest BCUT2D eigenvalue weighted by Gasteiger charge is 2.31. The minimum absolute atomic E-state index is 0.0195. The Hall–Kier alpha value is -1.55. The van der Waals surface area contributed by atoms with Gasteiger partial charge >= 0.3 is 0 Å². The molecule has 2 rings (SSSR count). The van der Waals surface area contributed by atoms with Crippen molar-refractivity contribution in [2.45, 2.75) is 32.4 Å². The molecule has 0 saturated heterocycles. The van der Waals surface area contributed by atoms with Crippen LogP contribution in [0.5, 0.6) is 5.75 Å². The standard InChI is InChI=1S/C14H19NO3/c1-2-15(12-6-7-12)14(17)10-18-13-5-3-4-11(8-13)9-16/h3-5,8,12,16H,2,6-7,9-10H2,1H3. The maximum atomic E-state index is 11.9. The lowest BCUT2D eigenvalue weighted by Crippen LogP contribution is -2.36. The number of aliphatic hydroxyl groups is 1. The van der Waals surface area contributed by atoms with Crippen LogP contribution in [0.1, 0.15) is 25.3 Å². The first-order valence-corrected chi connectivity index (χ1v) is 6.36. The number of hydrogen-bond acceptors (Lipinski definition) is 3. The van der Waals surface area contributed by atoms with Gasteiger partial charge in [-0.15, -0.1) is 0 Å². The number of rotatable bonds is 6. The van der Waals surface area contributed by atoms with Gasteiger partial charge in [0.25, 0.3) is 5.91 Å². The lowest BCUT2D eigenvalue weighted by molar-refractivity contribution is -0.133. The van der Waals surface area contributed by atoms with Gasteiger partial charge in [0.1, 0.15) is 5.75 Å². The highest BCUT2D eigenvalue weighted by molar-refractivity contribution is 5.78. The summed E-state index contributed by atoms with van der Waals surface area (Å²) in [5.74, 6) is 0.663. The van der Waals surface area contributed by atoms with Crippen LogP contribution in [0.2, 0.25) is 0 Å². The molecule has 4 heteroatoms. The average Bonchev–Trinajstić information content (AvgIpc) is 3.22. The van der Waals surface area contributed by atoms with Gasteiger partial charge in [0.05, 0.1) is 6.61 Å². The highest BCUT2D eigenvalue weighted by atomic mass is 16.5. The first-order chi connectivity index (χ1) is 8.74. The van der Waals surface area contributed by atoms with Crippen molar-refractivity contribution in [2.24, 2.45) is 0 Å². The second-order valence-corrected chi connectivity index (χ2v) is 4.51. The number of carbonyl (C=O) groups excluding carboxylic acids is 1. The van der Waals surface area contributed by atoms with Gasteiger partial charge in [-0.05, 0) is 37.5 Å². The zero-order valence-corrected chi connectivity index (χ0v) is 10.6. The molecule has 1 saturated carbocycles. The maximum Gasteiger partial charge on any atom is 0.260 e. The Labute approximate surface area is 107 Å². The Morgan fingerprint density at radius 2 is 2.28 bits per heavy atom. The van der Waals surface area contributed by atoms with E-state index in [4.69, 9.17) is 9.84 Å². The molecule has 1 aromatic rings. The van der Waals surface area contributed by atoms with Crippen molar-refractivity contribution >= 4 is 5.91 Å². The molecule has 1 aliphatic rings. The Morgan fingerprint density at radius 1 is 1.50 bits per heavy atom. The smallest absolute Gasteiger partial charge is 0.260 e. The van der Waals surface area contributed by atoms with Gasteiger partial charge in [-0.1, -0.05) is 12.1 Å². The fourth-order valence-electron chi connectivity index (χ4n) is 1.99. The van der Waals surface area contributed by atoms with Crippen LogP contribution in [0.3, 0.4) is 0 Å². The molecule has 1 fully saturated rings.